The molecule has 0 aromatic heterocycles. The molecule has 2 fully saturated rings. The van der Waals surface area contributed by atoms with Crippen molar-refractivity contribution < 1.29 is 69.9 Å². The predicted octanol–water partition coefficient (Wildman–Crippen LogP) is 12.5. The lowest BCUT2D eigenvalue weighted by Crippen LogP contribution is -2.64. The van der Waals surface area contributed by atoms with Crippen LogP contribution in [0.4, 0.5) is 0 Å². The lowest BCUT2D eigenvalue weighted by atomic mass is 9.97. The Balaban J connectivity index is 1.30. The fourth-order valence-electron chi connectivity index (χ4n) is 9.75. The first-order valence-corrected chi connectivity index (χ1v) is 30.8. The Bertz CT molecular complexity index is 2710. The summed E-state index contributed by atoms with van der Waals surface area (Å²) in [6.45, 7) is 7.90. The van der Waals surface area contributed by atoms with Crippen LogP contribution in [-0.2, 0) is 109 Å². The van der Waals surface area contributed by atoms with Gasteiger partial charge in [-0.15, -0.1) is 0 Å². The largest absolute Gasteiger partial charge is 0.371 e. The Kier molecular flexibility index (Phi) is 23.6. The van der Waals surface area contributed by atoms with E-state index in [2.05, 4.69) is 0 Å². The van der Waals surface area contributed by atoms with Crippen molar-refractivity contribution in [1.82, 2.24) is 0 Å². The summed E-state index contributed by atoms with van der Waals surface area (Å²) in [4.78, 5) is 0. The van der Waals surface area contributed by atoms with E-state index in [-0.39, 0.29) is 85.0 Å². The second kappa shape index (κ2) is 30.9. The maximum Gasteiger partial charge on any atom is 0.333 e. The monoisotopic (exact) mass is 1120 g/mol. The SMILES string of the molecule is CCOP(=O)(C[C@H]1O[C@@](COCc2ccccc2)(O[C@H]2O[C@H](CP(=O)(OCC)OCC)[C@@H](OCc3ccccc3)[C@H](OCc3ccccc3)[C@H]2OCc2ccccc2)[C@@H](OCc2ccccc2)[C@@H]1OCc1ccccc1)OCC. The minimum Gasteiger partial charge on any atom is -0.371 e. The van der Waals surface area contributed by atoms with Crippen LogP contribution >= 0.6 is 15.2 Å². The van der Waals surface area contributed by atoms with Crippen LogP contribution in [0.3, 0.4) is 0 Å². The van der Waals surface area contributed by atoms with Gasteiger partial charge in [0.2, 0.25) is 5.79 Å². The second-order valence-electron chi connectivity index (χ2n) is 19.1. The Morgan fingerprint density at radius 2 is 0.722 bits per heavy atom. The van der Waals surface area contributed by atoms with Gasteiger partial charge < -0.3 is 60.7 Å². The summed E-state index contributed by atoms with van der Waals surface area (Å²) in [6.07, 6.45) is -9.25. The van der Waals surface area contributed by atoms with Crippen LogP contribution in [0.1, 0.15) is 61.1 Å². The predicted molar refractivity (Wildman–Crippen MR) is 300 cm³/mol. The van der Waals surface area contributed by atoms with E-state index in [1.54, 1.807) is 27.7 Å². The number of rotatable bonds is 33. The van der Waals surface area contributed by atoms with E-state index in [4.69, 9.17) is 60.7 Å². The van der Waals surface area contributed by atoms with Gasteiger partial charge in [0.05, 0.1) is 78.4 Å². The molecule has 6 aromatic rings. The van der Waals surface area contributed by atoms with Crippen LogP contribution in [0.15, 0.2) is 182 Å². The standard InChI is InChI=1S/C62H76O15P2/c1-5-71-78(63,72-6-2)45-54-56(66-40-49-29-17-10-18-30-49)58(68-42-51-33-21-12-22-34-51)59(69-43-52-35-23-13-24-36-52)61(75-54)77-62(47-65-39-48-27-15-9-16-28-48)60(70-44-53-37-25-14-26-38-53)57(67-41-50-31-19-11-20-32-50)55(76-62)46-79(64,73-7-3)74-8-4/h9-38,54-61H,5-8,39-47H2,1-4H3/t54-,55-,56-,57-,58+,59-,60+,61-,62+/m1/s1. The van der Waals surface area contributed by atoms with Crippen molar-refractivity contribution in [1.29, 1.82) is 0 Å². The third kappa shape index (κ3) is 17.6. The zero-order chi connectivity index (χ0) is 55.2. The first kappa shape index (κ1) is 60.4. The van der Waals surface area contributed by atoms with Crippen molar-refractivity contribution in [2.24, 2.45) is 0 Å². The van der Waals surface area contributed by atoms with E-state index in [1.165, 1.54) is 0 Å². The van der Waals surface area contributed by atoms with Gasteiger partial charge in [0.1, 0.15) is 49.3 Å². The molecule has 0 spiro atoms. The molecule has 8 rings (SSSR count). The molecule has 79 heavy (non-hydrogen) atoms. The molecule has 424 valence electrons. The van der Waals surface area contributed by atoms with Gasteiger partial charge in [0.25, 0.3) is 0 Å². The zero-order valence-corrected chi connectivity index (χ0v) is 47.4. The van der Waals surface area contributed by atoms with Crippen molar-refractivity contribution in [3.63, 3.8) is 0 Å². The fourth-order valence-corrected chi connectivity index (χ4v) is 13.3. The lowest BCUT2D eigenvalue weighted by molar-refractivity contribution is -0.394. The van der Waals surface area contributed by atoms with Crippen molar-refractivity contribution in [2.45, 2.75) is 122 Å². The number of ether oxygens (including phenoxy) is 9. The van der Waals surface area contributed by atoms with Gasteiger partial charge in [-0.3, -0.25) is 9.13 Å². The van der Waals surface area contributed by atoms with E-state index in [0.717, 1.165) is 33.4 Å². The summed E-state index contributed by atoms with van der Waals surface area (Å²) >= 11 is 0. The van der Waals surface area contributed by atoms with E-state index in [9.17, 15) is 9.13 Å². The van der Waals surface area contributed by atoms with Crippen LogP contribution < -0.4 is 0 Å². The van der Waals surface area contributed by atoms with Crippen molar-refractivity contribution in [3.8, 4) is 0 Å². The summed E-state index contributed by atoms with van der Waals surface area (Å²) in [5.41, 5.74) is 5.25. The molecule has 17 heteroatoms. The molecule has 0 bridgehead atoms. The topological polar surface area (TPSA) is 154 Å². The van der Waals surface area contributed by atoms with Crippen LogP contribution in [-0.4, -0.2) is 100 Å². The molecule has 0 N–H and O–H groups in total. The Hall–Kier alpha value is -4.74. The maximum absolute atomic E-state index is 14.9. The molecule has 2 aliphatic heterocycles. The average molecular weight is 1120 g/mol. The quantitative estimate of drug-likeness (QED) is 0.0359. The molecule has 6 aromatic carbocycles. The first-order valence-electron chi connectivity index (χ1n) is 27.3. The minimum absolute atomic E-state index is 0.0807. The Morgan fingerprint density at radius 1 is 0.392 bits per heavy atom. The normalized spacial score (nSPS) is 23.4. The Labute approximate surface area is 466 Å². The smallest absolute Gasteiger partial charge is 0.333 e. The maximum atomic E-state index is 14.9. The minimum atomic E-state index is -3.91. The van der Waals surface area contributed by atoms with Crippen LogP contribution in [0.2, 0.25) is 0 Å². The van der Waals surface area contributed by atoms with E-state index >= 15 is 0 Å². The van der Waals surface area contributed by atoms with E-state index in [0.29, 0.717) is 0 Å². The van der Waals surface area contributed by atoms with Crippen LogP contribution in [0.5, 0.6) is 0 Å². The van der Waals surface area contributed by atoms with Crippen molar-refractivity contribution in [3.05, 3.63) is 215 Å². The van der Waals surface area contributed by atoms with E-state index < -0.39 is 70.0 Å². The van der Waals surface area contributed by atoms with E-state index in [1.807, 2.05) is 182 Å². The molecule has 9 atom stereocenters. The molecule has 0 radical (unpaired) electrons. The number of benzene rings is 6. The van der Waals surface area contributed by atoms with Crippen molar-refractivity contribution in [2.75, 3.05) is 45.4 Å². The molecule has 0 aliphatic carbocycles. The first-order chi connectivity index (χ1) is 38.6. The highest BCUT2D eigenvalue weighted by molar-refractivity contribution is 7.54. The molecule has 15 nitrogen and oxygen atoms in total. The molecule has 0 unspecified atom stereocenters. The van der Waals surface area contributed by atoms with Gasteiger partial charge in [-0.1, -0.05) is 182 Å². The molecule has 2 saturated heterocycles. The van der Waals surface area contributed by atoms with Crippen molar-refractivity contribution >= 4 is 15.2 Å². The summed E-state index contributed by atoms with van der Waals surface area (Å²) in [5.74, 6) is -1.95. The summed E-state index contributed by atoms with van der Waals surface area (Å²) in [5, 5.41) is 0. The van der Waals surface area contributed by atoms with Gasteiger partial charge in [0.15, 0.2) is 6.29 Å². The molecule has 2 heterocycles. The third-order valence-corrected chi connectivity index (χ3v) is 17.5. The van der Waals surface area contributed by atoms with Crippen LogP contribution in [0, 0.1) is 0 Å². The van der Waals surface area contributed by atoms with Gasteiger partial charge >= 0.3 is 15.2 Å². The highest BCUT2D eigenvalue weighted by Crippen LogP contribution is 2.54. The van der Waals surface area contributed by atoms with Gasteiger partial charge in [-0.2, -0.15) is 0 Å². The highest BCUT2D eigenvalue weighted by atomic mass is 31.2. The van der Waals surface area contributed by atoms with Gasteiger partial charge in [0, 0.05) is 0 Å². The van der Waals surface area contributed by atoms with Crippen LogP contribution in [0.25, 0.3) is 0 Å². The molecular formula is C62H76O15P2. The zero-order valence-electron chi connectivity index (χ0n) is 45.6. The molecule has 0 saturated carbocycles. The second-order valence-corrected chi connectivity index (χ2v) is 23.3. The lowest BCUT2D eigenvalue weighted by Gasteiger charge is -2.48. The highest BCUT2D eigenvalue weighted by Gasteiger charge is 2.63. The average Bonchev–Trinajstić information content (AvgIpc) is 3.98. The molecule has 2 aliphatic rings. The molecular weight excluding hydrogens is 1050 g/mol. The molecule has 0 amide bonds. The summed E-state index contributed by atoms with van der Waals surface area (Å²) in [7, 11) is -7.79. The van der Waals surface area contributed by atoms with Gasteiger partial charge in [-0.05, 0) is 61.1 Å². The van der Waals surface area contributed by atoms with Gasteiger partial charge in [-0.25, -0.2) is 0 Å². The number of hydrogen-bond acceptors (Lipinski definition) is 15. The summed E-state index contributed by atoms with van der Waals surface area (Å²) in [6, 6.07) is 58.4. The fraction of sp³-hybridized carbons (Fsp3) is 0.419. The summed E-state index contributed by atoms with van der Waals surface area (Å²) < 4.78 is 118. The number of hydrogen-bond donors (Lipinski definition) is 0. The third-order valence-electron chi connectivity index (χ3n) is 13.3. The Morgan fingerprint density at radius 3 is 1.11 bits per heavy atom.